The van der Waals surface area contributed by atoms with Gasteiger partial charge in [-0.05, 0) is 36.4 Å². The first-order valence-corrected chi connectivity index (χ1v) is 11.8. The summed E-state index contributed by atoms with van der Waals surface area (Å²) in [7, 11) is 0. The molecule has 0 saturated heterocycles. The summed E-state index contributed by atoms with van der Waals surface area (Å²) in [5.74, 6) is 1.27. The highest BCUT2D eigenvalue weighted by Crippen LogP contribution is 2.26. The monoisotopic (exact) mass is 444 g/mol. The van der Waals surface area contributed by atoms with Crippen LogP contribution < -0.4 is 4.74 Å². The molecule has 164 valence electrons. The number of nitrogens with zero attached hydrogens (tertiary/aromatic N) is 2. The lowest BCUT2D eigenvalue weighted by atomic mass is 10.1. The zero-order valence-electron chi connectivity index (χ0n) is 18.7. The van der Waals surface area contributed by atoms with E-state index in [4.69, 9.17) is 9.72 Å². The molecular formula is C27H28N2O2S. The summed E-state index contributed by atoms with van der Waals surface area (Å²) in [6, 6.07) is 22.0. The topological polar surface area (TPSA) is 42.4 Å². The lowest BCUT2D eigenvalue weighted by Gasteiger charge is -2.24. The van der Waals surface area contributed by atoms with E-state index < -0.39 is 0 Å². The Bertz CT molecular complexity index is 1190. The van der Waals surface area contributed by atoms with Crippen LogP contribution in [0.5, 0.6) is 5.75 Å². The van der Waals surface area contributed by atoms with Crippen molar-refractivity contribution in [3.63, 3.8) is 0 Å². The van der Waals surface area contributed by atoms with Gasteiger partial charge in [0.05, 0.1) is 12.2 Å². The van der Waals surface area contributed by atoms with Crippen molar-refractivity contribution in [2.24, 2.45) is 5.92 Å². The molecule has 0 unspecified atom stereocenters. The highest BCUT2D eigenvalue weighted by Gasteiger charge is 2.19. The highest BCUT2D eigenvalue weighted by molar-refractivity contribution is 7.09. The molecule has 0 radical (unpaired) electrons. The summed E-state index contributed by atoms with van der Waals surface area (Å²) in [5, 5.41) is 5.18. The number of hydrogen-bond donors (Lipinski definition) is 0. The number of benzene rings is 3. The van der Waals surface area contributed by atoms with E-state index in [0.29, 0.717) is 31.2 Å². The number of rotatable bonds is 8. The van der Waals surface area contributed by atoms with Gasteiger partial charge in [0.15, 0.2) is 0 Å². The van der Waals surface area contributed by atoms with Crippen LogP contribution >= 0.6 is 11.3 Å². The van der Waals surface area contributed by atoms with Crippen LogP contribution in [0.25, 0.3) is 10.8 Å². The van der Waals surface area contributed by atoms with Crippen molar-refractivity contribution < 1.29 is 9.53 Å². The maximum absolute atomic E-state index is 13.1. The van der Waals surface area contributed by atoms with Crippen molar-refractivity contribution in [1.29, 1.82) is 0 Å². The molecule has 0 atom stereocenters. The van der Waals surface area contributed by atoms with Crippen LogP contribution in [0.15, 0.2) is 72.1 Å². The van der Waals surface area contributed by atoms with Crippen LogP contribution in [0.1, 0.15) is 40.5 Å². The number of amides is 1. The first-order valence-electron chi connectivity index (χ1n) is 10.9. The fourth-order valence-electron chi connectivity index (χ4n) is 3.68. The summed E-state index contributed by atoms with van der Waals surface area (Å²) in [5.41, 5.74) is 2.76. The number of carbonyl (C=O) groups is 1. The molecular weight excluding hydrogens is 416 g/mol. The number of ether oxygens (including phenoxy) is 1. The van der Waals surface area contributed by atoms with Crippen LogP contribution in [-0.4, -0.2) is 22.3 Å². The van der Waals surface area contributed by atoms with Gasteiger partial charge in [-0.25, -0.2) is 4.98 Å². The first kappa shape index (κ1) is 22.0. The Labute approximate surface area is 193 Å². The third kappa shape index (κ3) is 5.35. The van der Waals surface area contributed by atoms with E-state index in [1.54, 1.807) is 11.3 Å². The third-order valence-electron chi connectivity index (χ3n) is 5.22. The van der Waals surface area contributed by atoms with Crippen LogP contribution in [0.4, 0.5) is 0 Å². The van der Waals surface area contributed by atoms with Gasteiger partial charge in [-0.2, -0.15) is 0 Å². The molecule has 1 aromatic heterocycles. The summed E-state index contributed by atoms with van der Waals surface area (Å²) >= 11 is 1.57. The molecule has 32 heavy (non-hydrogen) atoms. The van der Waals surface area contributed by atoms with E-state index in [0.717, 1.165) is 32.8 Å². The fraction of sp³-hybridized carbons (Fsp3) is 0.259. The second-order valence-corrected chi connectivity index (χ2v) is 9.39. The van der Waals surface area contributed by atoms with Gasteiger partial charge in [0.2, 0.25) is 0 Å². The average molecular weight is 445 g/mol. The number of thiazole rings is 1. The van der Waals surface area contributed by atoms with Gasteiger partial charge in [0.25, 0.3) is 5.91 Å². The predicted molar refractivity (Wildman–Crippen MR) is 131 cm³/mol. The first-order chi connectivity index (χ1) is 15.5. The number of carbonyl (C=O) groups excluding carboxylic acids is 1. The Morgan fingerprint density at radius 1 is 1.03 bits per heavy atom. The largest absolute Gasteiger partial charge is 0.486 e. The average Bonchev–Trinajstić information content (AvgIpc) is 3.24. The van der Waals surface area contributed by atoms with E-state index in [-0.39, 0.29) is 5.91 Å². The SMILES string of the molecule is Cc1ccc(C(=O)N(Cc2csc(COc3cccc4ccccc34)n2)CC(C)C)cc1. The summed E-state index contributed by atoms with van der Waals surface area (Å²) < 4.78 is 6.08. The van der Waals surface area contributed by atoms with E-state index in [2.05, 4.69) is 32.0 Å². The lowest BCUT2D eigenvalue weighted by molar-refractivity contribution is 0.0720. The second kappa shape index (κ2) is 9.96. The van der Waals surface area contributed by atoms with Crippen molar-refractivity contribution in [2.45, 2.75) is 33.9 Å². The van der Waals surface area contributed by atoms with Crippen LogP contribution in [0.2, 0.25) is 0 Å². The van der Waals surface area contributed by atoms with Gasteiger partial charge in [0.1, 0.15) is 17.4 Å². The maximum Gasteiger partial charge on any atom is 0.254 e. The number of hydrogen-bond acceptors (Lipinski definition) is 4. The predicted octanol–water partition coefficient (Wildman–Crippen LogP) is 6.48. The zero-order chi connectivity index (χ0) is 22.5. The van der Waals surface area contributed by atoms with Gasteiger partial charge >= 0.3 is 0 Å². The number of aromatic nitrogens is 1. The maximum atomic E-state index is 13.1. The molecule has 0 N–H and O–H groups in total. The summed E-state index contributed by atoms with van der Waals surface area (Å²) in [4.78, 5) is 19.7. The molecule has 1 amide bonds. The molecule has 0 aliphatic heterocycles. The molecule has 0 aliphatic rings. The second-order valence-electron chi connectivity index (χ2n) is 8.44. The van der Waals surface area contributed by atoms with E-state index >= 15 is 0 Å². The molecule has 0 aliphatic carbocycles. The molecule has 5 heteroatoms. The Balaban J connectivity index is 1.45. The van der Waals surface area contributed by atoms with Crippen molar-refractivity contribution in [3.8, 4) is 5.75 Å². The van der Waals surface area contributed by atoms with Crippen molar-refractivity contribution in [2.75, 3.05) is 6.54 Å². The molecule has 0 fully saturated rings. The Hall–Kier alpha value is -3.18. The van der Waals surface area contributed by atoms with Gasteiger partial charge in [-0.3, -0.25) is 4.79 Å². The lowest BCUT2D eigenvalue weighted by Crippen LogP contribution is -2.33. The molecule has 0 spiro atoms. The summed E-state index contributed by atoms with van der Waals surface area (Å²) in [6.45, 7) is 7.87. The van der Waals surface area contributed by atoms with E-state index in [9.17, 15) is 4.79 Å². The minimum Gasteiger partial charge on any atom is -0.486 e. The Morgan fingerprint density at radius 3 is 2.56 bits per heavy atom. The molecule has 3 aromatic carbocycles. The fourth-order valence-corrected chi connectivity index (χ4v) is 4.38. The zero-order valence-corrected chi connectivity index (χ0v) is 19.6. The molecule has 4 rings (SSSR count). The quantitative estimate of drug-likeness (QED) is 0.312. The van der Waals surface area contributed by atoms with Gasteiger partial charge in [-0.15, -0.1) is 11.3 Å². The molecule has 0 bridgehead atoms. The van der Waals surface area contributed by atoms with Crippen molar-refractivity contribution >= 4 is 28.0 Å². The van der Waals surface area contributed by atoms with Crippen molar-refractivity contribution in [1.82, 2.24) is 9.88 Å². The van der Waals surface area contributed by atoms with E-state index in [1.165, 1.54) is 0 Å². The minimum atomic E-state index is 0.0419. The van der Waals surface area contributed by atoms with Crippen LogP contribution in [-0.2, 0) is 13.2 Å². The Kier molecular flexibility index (Phi) is 6.86. The highest BCUT2D eigenvalue weighted by atomic mass is 32.1. The normalized spacial score (nSPS) is 11.1. The van der Waals surface area contributed by atoms with E-state index in [1.807, 2.05) is 65.7 Å². The molecule has 1 heterocycles. The molecule has 0 saturated carbocycles. The van der Waals surface area contributed by atoms with Gasteiger partial charge in [-0.1, -0.05) is 67.9 Å². The summed E-state index contributed by atoms with van der Waals surface area (Å²) in [6.07, 6.45) is 0. The van der Waals surface area contributed by atoms with Crippen LogP contribution in [0.3, 0.4) is 0 Å². The minimum absolute atomic E-state index is 0.0419. The van der Waals surface area contributed by atoms with Gasteiger partial charge < -0.3 is 9.64 Å². The smallest absolute Gasteiger partial charge is 0.254 e. The Morgan fingerprint density at radius 2 is 1.78 bits per heavy atom. The van der Waals surface area contributed by atoms with Crippen LogP contribution in [0, 0.1) is 12.8 Å². The molecule has 4 nitrogen and oxygen atoms in total. The van der Waals surface area contributed by atoms with Crippen molar-refractivity contribution in [3.05, 3.63) is 93.9 Å². The standard InChI is InChI=1S/C27H28N2O2S/c1-19(2)15-29(27(30)22-13-11-20(3)12-14-22)16-23-18-32-26(28-23)17-31-25-10-6-8-21-7-4-5-9-24(21)25/h4-14,18-19H,15-17H2,1-3H3. The number of aryl methyl sites for hydroxylation is 1. The number of fused-ring (bicyclic) bond motifs is 1. The third-order valence-corrected chi connectivity index (χ3v) is 6.10. The molecule has 4 aromatic rings. The van der Waals surface area contributed by atoms with Gasteiger partial charge in [0, 0.05) is 22.9 Å².